The van der Waals surface area contributed by atoms with Crippen LogP contribution in [0.2, 0.25) is 5.02 Å². The van der Waals surface area contributed by atoms with E-state index in [2.05, 4.69) is 5.32 Å². The van der Waals surface area contributed by atoms with Crippen LogP contribution in [0.1, 0.15) is 37.0 Å². The van der Waals surface area contributed by atoms with Crippen LogP contribution in [0.5, 0.6) is 5.75 Å². The largest absolute Gasteiger partial charge is 0.497 e. The van der Waals surface area contributed by atoms with Crippen molar-refractivity contribution in [2.45, 2.75) is 51.1 Å². The van der Waals surface area contributed by atoms with Gasteiger partial charge in [-0.3, -0.25) is 9.59 Å². The molecular formula is C30H35ClN2O3S. The first-order valence-corrected chi connectivity index (χ1v) is 14.0. The fourth-order valence-corrected chi connectivity index (χ4v) is 5.00. The Morgan fingerprint density at radius 1 is 0.973 bits per heavy atom. The molecule has 7 heteroatoms. The highest BCUT2D eigenvalue weighted by atomic mass is 35.5. The number of thioether (sulfide) groups is 1. The fraction of sp³-hybridized carbons (Fsp3) is 0.333. The van der Waals surface area contributed by atoms with E-state index in [-0.39, 0.29) is 23.6 Å². The van der Waals surface area contributed by atoms with E-state index >= 15 is 0 Å². The molecule has 0 aliphatic carbocycles. The molecule has 5 nitrogen and oxygen atoms in total. The van der Waals surface area contributed by atoms with E-state index in [1.165, 1.54) is 11.8 Å². The van der Waals surface area contributed by atoms with Crippen LogP contribution >= 0.6 is 23.4 Å². The quantitative estimate of drug-likeness (QED) is 0.284. The molecule has 0 heterocycles. The van der Waals surface area contributed by atoms with Crippen LogP contribution in [0.25, 0.3) is 0 Å². The number of carbonyl (C=O) groups is 2. The van der Waals surface area contributed by atoms with Crippen molar-refractivity contribution in [2.24, 2.45) is 0 Å². The van der Waals surface area contributed by atoms with Crippen LogP contribution in [0.4, 0.5) is 0 Å². The van der Waals surface area contributed by atoms with Gasteiger partial charge in [-0.2, -0.15) is 0 Å². The second-order valence-electron chi connectivity index (χ2n) is 9.02. The van der Waals surface area contributed by atoms with Gasteiger partial charge < -0.3 is 15.0 Å². The molecular weight excluding hydrogens is 504 g/mol. The van der Waals surface area contributed by atoms with Crippen LogP contribution in [-0.2, 0) is 28.3 Å². The first-order chi connectivity index (χ1) is 17.9. The lowest BCUT2D eigenvalue weighted by Crippen LogP contribution is -2.52. The Balaban J connectivity index is 1.87. The molecule has 0 radical (unpaired) electrons. The van der Waals surface area contributed by atoms with Gasteiger partial charge in [0, 0.05) is 29.8 Å². The summed E-state index contributed by atoms with van der Waals surface area (Å²) in [4.78, 5) is 29.0. The van der Waals surface area contributed by atoms with E-state index in [1.54, 1.807) is 12.0 Å². The lowest BCUT2D eigenvalue weighted by Gasteiger charge is -2.32. The van der Waals surface area contributed by atoms with Crippen molar-refractivity contribution in [3.63, 3.8) is 0 Å². The summed E-state index contributed by atoms with van der Waals surface area (Å²) < 4.78 is 5.39. The van der Waals surface area contributed by atoms with Gasteiger partial charge in [0.1, 0.15) is 11.8 Å². The van der Waals surface area contributed by atoms with Gasteiger partial charge in [-0.25, -0.2) is 0 Å². The Morgan fingerprint density at radius 2 is 1.68 bits per heavy atom. The highest BCUT2D eigenvalue weighted by Gasteiger charge is 2.31. The molecule has 0 aliphatic heterocycles. The number of carbonyl (C=O) groups excluding carboxylic acids is 2. The molecule has 0 aromatic heterocycles. The summed E-state index contributed by atoms with van der Waals surface area (Å²) in [6.45, 7) is 4.31. The zero-order valence-corrected chi connectivity index (χ0v) is 23.2. The summed E-state index contributed by atoms with van der Waals surface area (Å²) in [6, 6.07) is 24.5. The van der Waals surface area contributed by atoms with Gasteiger partial charge in [-0.05, 0) is 54.3 Å². The van der Waals surface area contributed by atoms with Crippen molar-refractivity contribution in [3.8, 4) is 5.75 Å². The zero-order valence-electron chi connectivity index (χ0n) is 21.7. The molecule has 37 heavy (non-hydrogen) atoms. The standard InChI is InChI=1S/C30H35ClN2O3S/c1-4-22(2)32-30(35)28(18-23-10-6-5-7-11-23)33(19-24-12-9-15-27(17-24)36-3)29(34)21-37-20-25-13-8-14-26(31)16-25/h5-17,22,28H,4,18-21H2,1-3H3,(H,32,35)/t22-,28-/m0/s1. The summed E-state index contributed by atoms with van der Waals surface area (Å²) in [5.74, 6) is 1.38. The van der Waals surface area contributed by atoms with Crippen LogP contribution in [-0.4, -0.2) is 41.7 Å². The monoisotopic (exact) mass is 538 g/mol. The molecule has 196 valence electrons. The number of nitrogens with zero attached hydrogens (tertiary/aromatic N) is 1. The number of hydrogen-bond acceptors (Lipinski definition) is 4. The Kier molecular flexibility index (Phi) is 11.4. The normalized spacial score (nSPS) is 12.4. The van der Waals surface area contributed by atoms with E-state index in [4.69, 9.17) is 16.3 Å². The third-order valence-electron chi connectivity index (χ3n) is 6.14. The molecule has 3 rings (SSSR count). The fourth-order valence-electron chi connectivity index (χ4n) is 3.93. The van der Waals surface area contributed by atoms with E-state index in [0.29, 0.717) is 29.5 Å². The number of hydrogen-bond donors (Lipinski definition) is 1. The number of benzene rings is 3. The van der Waals surface area contributed by atoms with Crippen LogP contribution in [0.15, 0.2) is 78.9 Å². The maximum atomic E-state index is 13.7. The number of methoxy groups -OCH3 is 1. The molecule has 3 aromatic carbocycles. The first-order valence-electron chi connectivity index (χ1n) is 12.5. The summed E-state index contributed by atoms with van der Waals surface area (Å²) in [5, 5.41) is 3.78. The van der Waals surface area contributed by atoms with Crippen molar-refractivity contribution < 1.29 is 14.3 Å². The van der Waals surface area contributed by atoms with Crippen LogP contribution < -0.4 is 10.1 Å². The van der Waals surface area contributed by atoms with Gasteiger partial charge in [0.05, 0.1) is 12.9 Å². The predicted molar refractivity (Wildman–Crippen MR) is 153 cm³/mol. The Morgan fingerprint density at radius 3 is 2.38 bits per heavy atom. The third kappa shape index (κ3) is 9.13. The predicted octanol–water partition coefficient (Wildman–Crippen LogP) is 6.14. The molecule has 2 amide bonds. The molecule has 0 spiro atoms. The minimum atomic E-state index is -0.651. The number of ether oxygens (including phenoxy) is 1. The Hall–Kier alpha value is -2.96. The second-order valence-corrected chi connectivity index (χ2v) is 10.4. The lowest BCUT2D eigenvalue weighted by atomic mass is 10.0. The highest BCUT2D eigenvalue weighted by Crippen LogP contribution is 2.21. The average Bonchev–Trinajstić information content (AvgIpc) is 2.91. The second kappa shape index (κ2) is 14.7. The summed E-state index contributed by atoms with van der Waals surface area (Å²) in [5.41, 5.74) is 2.96. The average molecular weight is 539 g/mol. The SMILES string of the molecule is CC[C@H](C)NC(=O)[C@H](Cc1ccccc1)N(Cc1cccc(OC)c1)C(=O)CSCc1cccc(Cl)c1. The smallest absolute Gasteiger partial charge is 0.243 e. The zero-order chi connectivity index (χ0) is 26.6. The summed E-state index contributed by atoms with van der Waals surface area (Å²) in [7, 11) is 1.62. The number of rotatable bonds is 13. The maximum absolute atomic E-state index is 13.7. The molecule has 0 bridgehead atoms. The van der Waals surface area contributed by atoms with Gasteiger partial charge >= 0.3 is 0 Å². The van der Waals surface area contributed by atoms with Gasteiger partial charge in [0.2, 0.25) is 11.8 Å². The van der Waals surface area contributed by atoms with Gasteiger partial charge in [-0.15, -0.1) is 11.8 Å². The van der Waals surface area contributed by atoms with Crippen LogP contribution in [0.3, 0.4) is 0 Å². The van der Waals surface area contributed by atoms with E-state index in [9.17, 15) is 9.59 Å². The van der Waals surface area contributed by atoms with Gasteiger partial charge in [0.15, 0.2) is 0 Å². The van der Waals surface area contributed by atoms with Crippen molar-refractivity contribution in [1.82, 2.24) is 10.2 Å². The van der Waals surface area contributed by atoms with Crippen LogP contribution in [0, 0.1) is 0 Å². The minimum Gasteiger partial charge on any atom is -0.497 e. The summed E-state index contributed by atoms with van der Waals surface area (Å²) >= 11 is 7.64. The lowest BCUT2D eigenvalue weighted by molar-refractivity contribution is -0.139. The number of nitrogens with one attached hydrogen (secondary N) is 1. The maximum Gasteiger partial charge on any atom is 0.243 e. The van der Waals surface area contributed by atoms with Crippen molar-refractivity contribution in [1.29, 1.82) is 0 Å². The van der Waals surface area contributed by atoms with Gasteiger partial charge in [-0.1, -0.05) is 73.1 Å². The van der Waals surface area contributed by atoms with E-state index in [0.717, 1.165) is 23.1 Å². The Labute approximate surface area is 229 Å². The van der Waals surface area contributed by atoms with Crippen molar-refractivity contribution in [3.05, 3.63) is 101 Å². The molecule has 0 saturated heterocycles. The highest BCUT2D eigenvalue weighted by molar-refractivity contribution is 7.99. The van der Waals surface area contributed by atoms with E-state index < -0.39 is 6.04 Å². The molecule has 2 atom stereocenters. The summed E-state index contributed by atoms with van der Waals surface area (Å²) in [6.07, 6.45) is 1.24. The molecule has 0 aliphatic rings. The number of halogens is 1. The molecule has 0 saturated carbocycles. The van der Waals surface area contributed by atoms with Crippen molar-refractivity contribution >= 4 is 35.2 Å². The Bertz CT molecular complexity index is 1160. The molecule has 0 fully saturated rings. The number of amides is 2. The topological polar surface area (TPSA) is 58.6 Å². The van der Waals surface area contributed by atoms with Gasteiger partial charge in [0.25, 0.3) is 0 Å². The third-order valence-corrected chi connectivity index (χ3v) is 7.37. The van der Waals surface area contributed by atoms with Crippen molar-refractivity contribution in [2.75, 3.05) is 12.9 Å². The van der Waals surface area contributed by atoms with E-state index in [1.807, 2.05) is 92.7 Å². The molecule has 3 aromatic rings. The first kappa shape index (κ1) is 28.6. The molecule has 1 N–H and O–H groups in total. The molecule has 0 unspecified atom stereocenters. The minimum absolute atomic E-state index is 0.0109.